The summed E-state index contributed by atoms with van der Waals surface area (Å²) in [5, 5.41) is 14.1. The fourth-order valence-corrected chi connectivity index (χ4v) is 3.94. The number of fused-ring (bicyclic) bond motifs is 2. The zero-order chi connectivity index (χ0) is 15.3. The van der Waals surface area contributed by atoms with Crippen molar-refractivity contribution in [1.82, 2.24) is 5.43 Å². The molecule has 0 spiro atoms. The third-order valence-corrected chi connectivity index (χ3v) is 5.95. The van der Waals surface area contributed by atoms with Crippen LogP contribution < -0.4 is 5.43 Å². The van der Waals surface area contributed by atoms with E-state index < -0.39 is 0 Å². The normalized spacial score (nSPS) is 31.6. The summed E-state index contributed by atoms with van der Waals surface area (Å²) in [5.74, 6) is 0.280. The third kappa shape index (κ3) is 1.96. The lowest BCUT2D eigenvalue weighted by Crippen LogP contribution is -2.34. The number of aromatic hydroxyl groups is 1. The van der Waals surface area contributed by atoms with Crippen molar-refractivity contribution in [2.24, 2.45) is 21.8 Å². The van der Waals surface area contributed by atoms with E-state index in [2.05, 4.69) is 31.3 Å². The van der Waals surface area contributed by atoms with Crippen LogP contribution in [0.5, 0.6) is 5.75 Å². The first kappa shape index (κ1) is 14.1. The Hall–Kier alpha value is -1.84. The Morgan fingerprint density at radius 2 is 2.05 bits per heavy atom. The zero-order valence-electron chi connectivity index (χ0n) is 12.8. The molecule has 21 heavy (non-hydrogen) atoms. The van der Waals surface area contributed by atoms with E-state index in [1.54, 1.807) is 18.2 Å². The van der Waals surface area contributed by atoms with Gasteiger partial charge in [0.1, 0.15) is 5.75 Å². The first-order valence-corrected chi connectivity index (χ1v) is 7.51. The number of amides is 1. The van der Waals surface area contributed by atoms with E-state index in [0.717, 1.165) is 18.6 Å². The van der Waals surface area contributed by atoms with Gasteiger partial charge >= 0.3 is 0 Å². The quantitative estimate of drug-likeness (QED) is 0.819. The van der Waals surface area contributed by atoms with Crippen LogP contribution in [0.25, 0.3) is 0 Å². The van der Waals surface area contributed by atoms with Crippen LogP contribution in [-0.2, 0) is 0 Å². The number of phenolic OH excluding ortho intramolecular Hbond substituents is 1. The number of rotatable bonds is 2. The van der Waals surface area contributed by atoms with Crippen LogP contribution >= 0.6 is 0 Å². The number of nitrogens with zero attached hydrogens (tertiary/aromatic N) is 1. The first-order valence-electron chi connectivity index (χ1n) is 7.51. The van der Waals surface area contributed by atoms with E-state index in [-0.39, 0.29) is 28.1 Å². The van der Waals surface area contributed by atoms with Gasteiger partial charge in [-0.05, 0) is 42.7 Å². The molecule has 2 aliphatic carbocycles. The van der Waals surface area contributed by atoms with Gasteiger partial charge in [-0.25, -0.2) is 5.43 Å². The molecule has 1 aromatic carbocycles. The average molecular weight is 286 g/mol. The highest BCUT2D eigenvalue weighted by atomic mass is 16.3. The summed E-state index contributed by atoms with van der Waals surface area (Å²) in [4.78, 5) is 12.1. The summed E-state index contributed by atoms with van der Waals surface area (Å²) >= 11 is 0. The van der Waals surface area contributed by atoms with Crippen LogP contribution in [0.1, 0.15) is 50.4 Å². The third-order valence-electron chi connectivity index (χ3n) is 5.95. The maximum absolute atomic E-state index is 12.1. The van der Waals surface area contributed by atoms with Gasteiger partial charge in [0.05, 0.1) is 5.56 Å². The molecular weight excluding hydrogens is 264 g/mol. The van der Waals surface area contributed by atoms with Crippen LogP contribution in [0.15, 0.2) is 29.4 Å². The molecule has 0 radical (unpaired) electrons. The van der Waals surface area contributed by atoms with Crippen molar-refractivity contribution in [3.8, 4) is 5.75 Å². The SMILES string of the molecule is CC1(C)[C@H]2CC[C@]1(C)/C(=N/NC(=O)c1ccccc1O)C2. The number of carbonyl (C=O) groups is 1. The highest BCUT2D eigenvalue weighted by Gasteiger charge is 2.60. The van der Waals surface area contributed by atoms with Crippen molar-refractivity contribution >= 4 is 11.6 Å². The van der Waals surface area contributed by atoms with Crippen LogP contribution in [0.3, 0.4) is 0 Å². The van der Waals surface area contributed by atoms with Crippen LogP contribution in [0, 0.1) is 16.7 Å². The van der Waals surface area contributed by atoms with Crippen molar-refractivity contribution in [1.29, 1.82) is 0 Å². The van der Waals surface area contributed by atoms with Gasteiger partial charge in [-0.1, -0.05) is 32.9 Å². The smallest absolute Gasteiger partial charge is 0.275 e. The Labute approximate surface area is 125 Å². The molecule has 1 aromatic rings. The minimum atomic E-state index is -0.357. The summed E-state index contributed by atoms with van der Waals surface area (Å²) in [6, 6.07) is 6.52. The minimum Gasteiger partial charge on any atom is -0.507 e. The molecule has 1 amide bonds. The van der Waals surface area contributed by atoms with Gasteiger partial charge in [0.25, 0.3) is 5.91 Å². The van der Waals surface area contributed by atoms with E-state index in [0.29, 0.717) is 5.92 Å². The molecule has 0 aliphatic heterocycles. The van der Waals surface area contributed by atoms with Gasteiger partial charge in [-0.2, -0.15) is 5.10 Å². The van der Waals surface area contributed by atoms with E-state index in [1.165, 1.54) is 12.5 Å². The average Bonchev–Trinajstić information content (AvgIpc) is 2.78. The number of nitrogens with one attached hydrogen (secondary N) is 1. The molecule has 4 nitrogen and oxygen atoms in total. The maximum atomic E-state index is 12.1. The van der Waals surface area contributed by atoms with Crippen molar-refractivity contribution in [3.63, 3.8) is 0 Å². The Balaban J connectivity index is 1.79. The van der Waals surface area contributed by atoms with Crippen molar-refractivity contribution in [3.05, 3.63) is 29.8 Å². The second-order valence-electron chi connectivity index (χ2n) is 7.01. The fourth-order valence-electron chi connectivity index (χ4n) is 3.94. The number of para-hydroxylation sites is 1. The number of hydrogen-bond donors (Lipinski definition) is 2. The fraction of sp³-hybridized carbons (Fsp3) is 0.529. The van der Waals surface area contributed by atoms with Crippen molar-refractivity contribution in [2.45, 2.75) is 40.0 Å². The van der Waals surface area contributed by atoms with Crippen LogP contribution in [-0.4, -0.2) is 16.7 Å². The van der Waals surface area contributed by atoms with E-state index in [4.69, 9.17) is 0 Å². The lowest BCUT2D eigenvalue weighted by atomic mass is 9.70. The van der Waals surface area contributed by atoms with Gasteiger partial charge in [-0.3, -0.25) is 4.79 Å². The molecule has 2 bridgehead atoms. The minimum absolute atomic E-state index is 0.0188. The number of hydrazone groups is 1. The summed E-state index contributed by atoms with van der Waals surface area (Å²) in [7, 11) is 0. The standard InChI is InChI=1S/C17H22N2O2/c1-16(2)11-8-9-17(16,3)14(10-11)18-19-15(21)12-6-4-5-7-13(12)20/h4-7,11,20H,8-10H2,1-3H3,(H,19,21)/b18-14+/t11-,17+/m0/s1. The number of carbonyl (C=O) groups excluding carboxylic acids is 1. The number of benzene rings is 1. The number of phenols is 1. The summed E-state index contributed by atoms with van der Waals surface area (Å²) in [5.41, 5.74) is 4.28. The predicted molar refractivity (Wildman–Crippen MR) is 82.2 cm³/mol. The first-order chi connectivity index (χ1) is 9.86. The van der Waals surface area contributed by atoms with E-state index in [1.807, 2.05) is 0 Å². The Morgan fingerprint density at radius 3 is 2.62 bits per heavy atom. The molecule has 0 aromatic heterocycles. The van der Waals surface area contributed by atoms with Crippen LogP contribution in [0.2, 0.25) is 0 Å². The highest BCUT2D eigenvalue weighted by Crippen LogP contribution is 2.63. The molecule has 2 atom stereocenters. The second-order valence-corrected chi connectivity index (χ2v) is 7.01. The molecule has 2 aliphatic rings. The monoisotopic (exact) mass is 286 g/mol. The predicted octanol–water partition coefficient (Wildman–Crippen LogP) is 3.32. The molecule has 2 fully saturated rings. The molecule has 0 heterocycles. The largest absolute Gasteiger partial charge is 0.507 e. The summed E-state index contributed by atoms with van der Waals surface area (Å²) < 4.78 is 0. The maximum Gasteiger partial charge on any atom is 0.275 e. The van der Waals surface area contributed by atoms with Gasteiger partial charge in [0.15, 0.2) is 0 Å². The van der Waals surface area contributed by atoms with Gasteiger partial charge in [0.2, 0.25) is 0 Å². The lowest BCUT2D eigenvalue weighted by molar-refractivity contribution is 0.0951. The molecule has 4 heteroatoms. The van der Waals surface area contributed by atoms with Gasteiger partial charge < -0.3 is 5.11 Å². The van der Waals surface area contributed by atoms with Crippen molar-refractivity contribution < 1.29 is 9.90 Å². The molecule has 3 rings (SSSR count). The zero-order valence-corrected chi connectivity index (χ0v) is 12.8. The highest BCUT2D eigenvalue weighted by molar-refractivity contribution is 5.99. The van der Waals surface area contributed by atoms with Gasteiger partial charge in [0, 0.05) is 11.1 Å². The molecule has 2 N–H and O–H groups in total. The molecule has 0 unspecified atom stereocenters. The molecular formula is C17H22N2O2. The Kier molecular flexibility index (Phi) is 3.08. The van der Waals surface area contributed by atoms with Crippen LogP contribution in [0.4, 0.5) is 0 Å². The molecule has 112 valence electrons. The molecule has 0 saturated heterocycles. The molecule has 2 saturated carbocycles. The van der Waals surface area contributed by atoms with E-state index in [9.17, 15) is 9.90 Å². The van der Waals surface area contributed by atoms with E-state index >= 15 is 0 Å². The Bertz CT molecular complexity index is 621. The topological polar surface area (TPSA) is 61.7 Å². The number of hydrogen-bond acceptors (Lipinski definition) is 3. The lowest BCUT2D eigenvalue weighted by Gasteiger charge is -2.34. The summed E-state index contributed by atoms with van der Waals surface area (Å²) in [6.07, 6.45) is 3.34. The Morgan fingerprint density at radius 1 is 1.33 bits per heavy atom. The second kappa shape index (κ2) is 4.58. The van der Waals surface area contributed by atoms with Gasteiger partial charge in [-0.15, -0.1) is 0 Å². The summed E-state index contributed by atoms with van der Waals surface area (Å²) in [6.45, 7) is 6.86. The van der Waals surface area contributed by atoms with Crippen molar-refractivity contribution in [2.75, 3.05) is 0 Å².